The van der Waals surface area contributed by atoms with Crippen LogP contribution in [0.4, 0.5) is 0 Å². The smallest absolute Gasteiger partial charge is 0.266 e. The minimum Gasteiger partial charge on any atom is -0.497 e. The molecule has 1 N–H and O–H groups in total. The molecule has 0 radical (unpaired) electrons. The minimum absolute atomic E-state index is 0.143. The molecule has 0 aliphatic carbocycles. The van der Waals surface area contributed by atoms with E-state index in [2.05, 4.69) is 10.3 Å². The normalized spacial score (nSPS) is 12.0. The maximum atomic E-state index is 13.2. The van der Waals surface area contributed by atoms with Crippen LogP contribution in [0.1, 0.15) is 6.92 Å². The molecule has 152 valence electrons. The summed E-state index contributed by atoms with van der Waals surface area (Å²) in [7, 11) is 3.17. The number of amides is 1. The lowest BCUT2D eigenvalue weighted by atomic mass is 10.2. The van der Waals surface area contributed by atoms with E-state index in [1.807, 2.05) is 12.1 Å². The molecule has 1 amide bonds. The molecule has 7 nitrogen and oxygen atoms in total. The van der Waals surface area contributed by atoms with Gasteiger partial charge in [-0.2, -0.15) is 0 Å². The van der Waals surface area contributed by atoms with Crippen LogP contribution in [0.2, 0.25) is 0 Å². The summed E-state index contributed by atoms with van der Waals surface area (Å²) in [4.78, 5) is 30.3. The Morgan fingerprint density at radius 1 is 1.17 bits per heavy atom. The van der Waals surface area contributed by atoms with Gasteiger partial charge in [-0.25, -0.2) is 4.98 Å². The Bertz CT molecular complexity index is 1050. The number of nitrogens with one attached hydrogen (secondary N) is 1. The summed E-state index contributed by atoms with van der Waals surface area (Å²) in [6.07, 6.45) is 0. The first-order valence-corrected chi connectivity index (χ1v) is 10.0. The highest BCUT2D eigenvalue weighted by Crippen LogP contribution is 2.26. The third-order valence-electron chi connectivity index (χ3n) is 4.33. The molecular formula is C21H23N3O4S. The zero-order chi connectivity index (χ0) is 20.8. The summed E-state index contributed by atoms with van der Waals surface area (Å²) in [6, 6.07) is 14.3. The Kier molecular flexibility index (Phi) is 6.90. The van der Waals surface area contributed by atoms with E-state index in [1.165, 1.54) is 16.3 Å². The number of hydrogen-bond donors (Lipinski definition) is 1. The zero-order valence-corrected chi connectivity index (χ0v) is 17.4. The Balaban J connectivity index is 2.02. The Morgan fingerprint density at radius 3 is 2.59 bits per heavy atom. The molecule has 0 bridgehead atoms. The maximum Gasteiger partial charge on any atom is 0.266 e. The van der Waals surface area contributed by atoms with Crippen molar-refractivity contribution in [3.8, 4) is 11.4 Å². The zero-order valence-electron chi connectivity index (χ0n) is 16.5. The van der Waals surface area contributed by atoms with Crippen LogP contribution < -0.4 is 15.6 Å². The lowest BCUT2D eigenvalue weighted by Crippen LogP contribution is -2.34. The molecule has 0 saturated heterocycles. The lowest BCUT2D eigenvalue weighted by molar-refractivity contribution is -0.120. The monoisotopic (exact) mass is 413 g/mol. The van der Waals surface area contributed by atoms with Crippen molar-refractivity contribution in [1.82, 2.24) is 14.9 Å². The van der Waals surface area contributed by atoms with E-state index in [-0.39, 0.29) is 11.5 Å². The number of nitrogens with zero attached hydrogens (tertiary/aromatic N) is 2. The average Bonchev–Trinajstić information content (AvgIpc) is 2.74. The number of fused-ring (bicyclic) bond motifs is 1. The van der Waals surface area contributed by atoms with Crippen LogP contribution in [0.25, 0.3) is 16.6 Å². The van der Waals surface area contributed by atoms with Crippen molar-refractivity contribution in [2.75, 3.05) is 27.4 Å². The second kappa shape index (κ2) is 9.58. The predicted molar refractivity (Wildman–Crippen MR) is 114 cm³/mol. The molecule has 1 heterocycles. The fourth-order valence-electron chi connectivity index (χ4n) is 2.78. The van der Waals surface area contributed by atoms with Gasteiger partial charge in [-0.1, -0.05) is 23.9 Å². The number of benzene rings is 2. The highest BCUT2D eigenvalue weighted by molar-refractivity contribution is 8.00. The fraction of sp³-hybridized carbons (Fsp3) is 0.286. The molecule has 0 saturated carbocycles. The first-order chi connectivity index (χ1) is 14.0. The number of carbonyl (C=O) groups excluding carboxylic acids is 1. The maximum absolute atomic E-state index is 13.2. The van der Waals surface area contributed by atoms with Gasteiger partial charge in [0, 0.05) is 13.7 Å². The third kappa shape index (κ3) is 4.78. The van der Waals surface area contributed by atoms with Crippen molar-refractivity contribution >= 4 is 28.6 Å². The standard InChI is InChI=1S/C21H23N3O4S/c1-14(19(25)22-12-13-27-2)29-21-23-18-7-5-4-6-17(18)20(26)24(21)15-8-10-16(28-3)11-9-15/h4-11,14H,12-13H2,1-3H3,(H,22,25)/t14-/m0/s1. The number of methoxy groups -OCH3 is 2. The Labute approximate surface area is 173 Å². The fourth-order valence-corrected chi connectivity index (χ4v) is 3.73. The molecule has 1 aromatic heterocycles. The number of aromatic nitrogens is 2. The molecule has 0 aliphatic heterocycles. The molecule has 0 aliphatic rings. The van der Waals surface area contributed by atoms with Crippen LogP contribution >= 0.6 is 11.8 Å². The molecule has 29 heavy (non-hydrogen) atoms. The predicted octanol–water partition coefficient (Wildman–Crippen LogP) is 2.64. The molecule has 8 heteroatoms. The van der Waals surface area contributed by atoms with E-state index in [9.17, 15) is 9.59 Å². The lowest BCUT2D eigenvalue weighted by Gasteiger charge is -2.16. The van der Waals surface area contributed by atoms with Crippen molar-refractivity contribution in [1.29, 1.82) is 0 Å². The van der Waals surface area contributed by atoms with Gasteiger partial charge in [0.25, 0.3) is 5.56 Å². The van der Waals surface area contributed by atoms with E-state index in [0.29, 0.717) is 40.6 Å². The Hall–Kier alpha value is -2.84. The molecule has 0 unspecified atom stereocenters. The summed E-state index contributed by atoms with van der Waals surface area (Å²) in [5.74, 6) is 0.548. The van der Waals surface area contributed by atoms with Gasteiger partial charge >= 0.3 is 0 Å². The van der Waals surface area contributed by atoms with E-state index >= 15 is 0 Å². The molecule has 2 aromatic carbocycles. The van der Waals surface area contributed by atoms with E-state index < -0.39 is 5.25 Å². The van der Waals surface area contributed by atoms with Crippen LogP contribution in [0.15, 0.2) is 58.5 Å². The number of rotatable bonds is 8. The van der Waals surface area contributed by atoms with Crippen molar-refractivity contribution in [3.05, 3.63) is 58.9 Å². The number of para-hydroxylation sites is 1. The highest BCUT2D eigenvalue weighted by atomic mass is 32.2. The molecule has 1 atom stereocenters. The summed E-state index contributed by atoms with van der Waals surface area (Å²) < 4.78 is 11.7. The summed E-state index contributed by atoms with van der Waals surface area (Å²) >= 11 is 1.24. The minimum atomic E-state index is -0.440. The van der Waals surface area contributed by atoms with Crippen LogP contribution in [-0.4, -0.2) is 48.1 Å². The number of ether oxygens (including phenoxy) is 2. The van der Waals surface area contributed by atoms with Gasteiger partial charge in [0.1, 0.15) is 5.75 Å². The quantitative estimate of drug-likeness (QED) is 0.347. The van der Waals surface area contributed by atoms with E-state index in [0.717, 1.165) is 0 Å². The first kappa shape index (κ1) is 20.9. The van der Waals surface area contributed by atoms with Gasteiger partial charge in [0.15, 0.2) is 5.16 Å². The number of thioether (sulfide) groups is 1. The molecule has 3 aromatic rings. The van der Waals surface area contributed by atoms with Crippen LogP contribution in [-0.2, 0) is 9.53 Å². The van der Waals surface area contributed by atoms with Crippen molar-refractivity contribution in [2.45, 2.75) is 17.3 Å². The van der Waals surface area contributed by atoms with Crippen molar-refractivity contribution in [3.63, 3.8) is 0 Å². The van der Waals surface area contributed by atoms with Gasteiger partial charge in [0.05, 0.1) is 35.6 Å². The largest absolute Gasteiger partial charge is 0.497 e. The topological polar surface area (TPSA) is 82.5 Å². The molecule has 0 spiro atoms. The summed E-state index contributed by atoms with van der Waals surface area (Å²) in [5, 5.41) is 3.34. The summed E-state index contributed by atoms with van der Waals surface area (Å²) in [5.41, 5.74) is 1.07. The Morgan fingerprint density at radius 2 is 1.90 bits per heavy atom. The second-order valence-corrected chi connectivity index (χ2v) is 7.60. The van der Waals surface area contributed by atoms with Gasteiger partial charge in [-0.05, 0) is 43.3 Å². The summed E-state index contributed by atoms with van der Waals surface area (Å²) in [6.45, 7) is 2.65. The van der Waals surface area contributed by atoms with Gasteiger partial charge in [-0.3, -0.25) is 14.2 Å². The van der Waals surface area contributed by atoms with Crippen molar-refractivity contribution in [2.24, 2.45) is 0 Å². The van der Waals surface area contributed by atoms with Gasteiger partial charge in [0.2, 0.25) is 5.91 Å². The number of carbonyl (C=O) groups is 1. The molecular weight excluding hydrogens is 390 g/mol. The van der Waals surface area contributed by atoms with Gasteiger partial charge < -0.3 is 14.8 Å². The van der Waals surface area contributed by atoms with Crippen molar-refractivity contribution < 1.29 is 14.3 Å². The van der Waals surface area contributed by atoms with E-state index in [4.69, 9.17) is 9.47 Å². The highest BCUT2D eigenvalue weighted by Gasteiger charge is 2.20. The van der Waals surface area contributed by atoms with Crippen LogP contribution in [0.3, 0.4) is 0 Å². The SMILES string of the molecule is COCCNC(=O)[C@H](C)Sc1nc2ccccc2c(=O)n1-c1ccc(OC)cc1. The molecule has 3 rings (SSSR count). The van der Waals surface area contributed by atoms with Crippen LogP contribution in [0.5, 0.6) is 5.75 Å². The average molecular weight is 413 g/mol. The first-order valence-electron chi connectivity index (χ1n) is 9.14. The second-order valence-electron chi connectivity index (χ2n) is 6.29. The third-order valence-corrected chi connectivity index (χ3v) is 5.38. The van der Waals surface area contributed by atoms with E-state index in [1.54, 1.807) is 57.5 Å². The van der Waals surface area contributed by atoms with Gasteiger partial charge in [-0.15, -0.1) is 0 Å². The van der Waals surface area contributed by atoms with Crippen LogP contribution in [0, 0.1) is 0 Å². The number of hydrogen-bond acceptors (Lipinski definition) is 6. The molecule has 0 fully saturated rings.